The van der Waals surface area contributed by atoms with Gasteiger partial charge in [0.25, 0.3) is 0 Å². The summed E-state index contributed by atoms with van der Waals surface area (Å²) in [6, 6.07) is 6.01. The van der Waals surface area contributed by atoms with E-state index in [4.69, 9.17) is 4.74 Å². The van der Waals surface area contributed by atoms with Gasteiger partial charge < -0.3 is 10.1 Å². The Balaban J connectivity index is 2.20. The first-order valence-corrected chi connectivity index (χ1v) is 7.35. The molecule has 0 bridgehead atoms. The molecule has 18 heavy (non-hydrogen) atoms. The summed E-state index contributed by atoms with van der Waals surface area (Å²) in [5, 5.41) is 4.33. The second kappa shape index (κ2) is 6.31. The molecular formula is C13H15BrN2OS. The van der Waals surface area contributed by atoms with E-state index in [1.54, 1.807) is 18.4 Å². The normalized spacial score (nSPS) is 10.6. The molecule has 0 fully saturated rings. The molecule has 0 amide bonds. The van der Waals surface area contributed by atoms with Crippen LogP contribution < -0.4 is 10.1 Å². The molecule has 0 saturated heterocycles. The van der Waals surface area contributed by atoms with Crippen molar-refractivity contribution in [3.05, 3.63) is 33.7 Å². The minimum Gasteiger partial charge on any atom is -0.496 e. The SMILES string of the molecule is CCNCc1cnc(-c2ccc(OC)c(Br)c2)s1. The number of benzene rings is 1. The Morgan fingerprint density at radius 2 is 2.28 bits per heavy atom. The Morgan fingerprint density at radius 1 is 1.44 bits per heavy atom. The van der Waals surface area contributed by atoms with Crippen LogP contribution in [0.4, 0.5) is 0 Å². The highest BCUT2D eigenvalue weighted by Crippen LogP contribution is 2.32. The maximum absolute atomic E-state index is 5.22. The average molecular weight is 327 g/mol. The van der Waals surface area contributed by atoms with Gasteiger partial charge in [0.05, 0.1) is 11.6 Å². The summed E-state index contributed by atoms with van der Waals surface area (Å²) in [6.07, 6.45) is 1.93. The fourth-order valence-electron chi connectivity index (χ4n) is 1.57. The van der Waals surface area contributed by atoms with Gasteiger partial charge in [0, 0.05) is 23.2 Å². The summed E-state index contributed by atoms with van der Waals surface area (Å²) in [6.45, 7) is 3.95. The van der Waals surface area contributed by atoms with Gasteiger partial charge in [-0.3, -0.25) is 0 Å². The third kappa shape index (κ3) is 3.10. The van der Waals surface area contributed by atoms with E-state index in [2.05, 4.69) is 33.2 Å². The fourth-order valence-corrected chi connectivity index (χ4v) is 2.99. The second-order valence-corrected chi connectivity index (χ2v) is 5.73. The van der Waals surface area contributed by atoms with Crippen molar-refractivity contribution >= 4 is 27.3 Å². The van der Waals surface area contributed by atoms with Crippen LogP contribution in [0.15, 0.2) is 28.9 Å². The lowest BCUT2D eigenvalue weighted by atomic mass is 10.2. The number of halogens is 1. The number of nitrogens with zero attached hydrogens (tertiary/aromatic N) is 1. The first-order chi connectivity index (χ1) is 8.74. The summed E-state index contributed by atoms with van der Waals surface area (Å²) in [4.78, 5) is 5.70. The zero-order valence-electron chi connectivity index (χ0n) is 10.4. The number of thiazole rings is 1. The Hall–Kier alpha value is -0.910. The van der Waals surface area contributed by atoms with E-state index >= 15 is 0 Å². The Bertz CT molecular complexity index is 527. The third-order valence-electron chi connectivity index (χ3n) is 2.50. The molecule has 1 aromatic heterocycles. The lowest BCUT2D eigenvalue weighted by Gasteiger charge is -2.04. The highest BCUT2D eigenvalue weighted by atomic mass is 79.9. The van der Waals surface area contributed by atoms with Gasteiger partial charge in [-0.05, 0) is 40.7 Å². The molecule has 0 aliphatic carbocycles. The molecule has 5 heteroatoms. The first-order valence-electron chi connectivity index (χ1n) is 5.74. The Labute approximate surface area is 119 Å². The number of aromatic nitrogens is 1. The number of hydrogen-bond acceptors (Lipinski definition) is 4. The summed E-state index contributed by atoms with van der Waals surface area (Å²) in [5.41, 5.74) is 1.11. The summed E-state index contributed by atoms with van der Waals surface area (Å²) in [7, 11) is 1.66. The number of hydrogen-bond donors (Lipinski definition) is 1. The third-order valence-corrected chi connectivity index (χ3v) is 4.17. The van der Waals surface area contributed by atoms with Crippen LogP contribution >= 0.6 is 27.3 Å². The van der Waals surface area contributed by atoms with Crippen LogP contribution in [-0.2, 0) is 6.54 Å². The van der Waals surface area contributed by atoms with Crippen LogP contribution in [0.1, 0.15) is 11.8 Å². The van der Waals surface area contributed by atoms with E-state index < -0.39 is 0 Å². The molecule has 2 aromatic rings. The topological polar surface area (TPSA) is 34.2 Å². The van der Waals surface area contributed by atoms with E-state index in [0.29, 0.717) is 0 Å². The highest BCUT2D eigenvalue weighted by Gasteiger charge is 2.07. The van der Waals surface area contributed by atoms with Gasteiger partial charge in [-0.1, -0.05) is 6.92 Å². The number of nitrogens with one attached hydrogen (secondary N) is 1. The standard InChI is InChI=1S/C13H15BrN2OS/c1-3-15-7-10-8-16-13(18-10)9-4-5-12(17-2)11(14)6-9/h4-6,8,15H,3,7H2,1-2H3. The van der Waals surface area contributed by atoms with Gasteiger partial charge in [-0.2, -0.15) is 0 Å². The minimum atomic E-state index is 0.836. The van der Waals surface area contributed by atoms with E-state index in [0.717, 1.165) is 33.9 Å². The molecule has 1 N–H and O–H groups in total. The number of rotatable bonds is 5. The van der Waals surface area contributed by atoms with Crippen molar-refractivity contribution < 1.29 is 4.74 Å². The van der Waals surface area contributed by atoms with Crippen molar-refractivity contribution in [3.63, 3.8) is 0 Å². The van der Waals surface area contributed by atoms with Gasteiger partial charge in [-0.25, -0.2) is 4.98 Å². The van der Waals surface area contributed by atoms with Crippen LogP contribution in [0.2, 0.25) is 0 Å². The average Bonchev–Trinajstić information content (AvgIpc) is 2.85. The molecule has 0 saturated carbocycles. The van der Waals surface area contributed by atoms with E-state index in [-0.39, 0.29) is 0 Å². The molecule has 1 heterocycles. The first kappa shape index (κ1) is 13.5. The van der Waals surface area contributed by atoms with Crippen molar-refractivity contribution in [3.8, 4) is 16.3 Å². The van der Waals surface area contributed by atoms with E-state index in [1.807, 2.05) is 24.4 Å². The molecule has 0 radical (unpaired) electrons. The molecule has 96 valence electrons. The Morgan fingerprint density at radius 3 is 2.94 bits per heavy atom. The zero-order valence-corrected chi connectivity index (χ0v) is 12.8. The van der Waals surface area contributed by atoms with Crippen molar-refractivity contribution in [1.82, 2.24) is 10.3 Å². The van der Waals surface area contributed by atoms with Gasteiger partial charge in [-0.15, -0.1) is 11.3 Å². The van der Waals surface area contributed by atoms with Crippen LogP contribution in [-0.4, -0.2) is 18.6 Å². The highest BCUT2D eigenvalue weighted by molar-refractivity contribution is 9.10. The summed E-state index contributed by atoms with van der Waals surface area (Å²) >= 11 is 5.21. The van der Waals surface area contributed by atoms with Gasteiger partial charge in [0.15, 0.2) is 0 Å². The molecule has 0 spiro atoms. The minimum absolute atomic E-state index is 0.836. The summed E-state index contributed by atoms with van der Waals surface area (Å²) in [5.74, 6) is 0.836. The van der Waals surface area contributed by atoms with Gasteiger partial charge in [0.2, 0.25) is 0 Å². The van der Waals surface area contributed by atoms with Gasteiger partial charge >= 0.3 is 0 Å². The molecular weight excluding hydrogens is 312 g/mol. The molecule has 3 nitrogen and oxygen atoms in total. The van der Waals surface area contributed by atoms with Crippen LogP contribution in [0.25, 0.3) is 10.6 Å². The van der Waals surface area contributed by atoms with Crippen molar-refractivity contribution in [2.75, 3.05) is 13.7 Å². The van der Waals surface area contributed by atoms with Crippen molar-refractivity contribution in [1.29, 1.82) is 0 Å². The van der Waals surface area contributed by atoms with Crippen molar-refractivity contribution in [2.45, 2.75) is 13.5 Å². The quantitative estimate of drug-likeness (QED) is 0.909. The van der Waals surface area contributed by atoms with Crippen LogP contribution in [0.3, 0.4) is 0 Å². The summed E-state index contributed by atoms with van der Waals surface area (Å²) < 4.78 is 6.17. The van der Waals surface area contributed by atoms with E-state index in [9.17, 15) is 0 Å². The largest absolute Gasteiger partial charge is 0.496 e. The predicted octanol–water partition coefficient (Wildman–Crippen LogP) is 3.69. The molecule has 1 aromatic carbocycles. The van der Waals surface area contributed by atoms with Gasteiger partial charge in [0.1, 0.15) is 10.8 Å². The zero-order chi connectivity index (χ0) is 13.0. The number of ether oxygens (including phenoxy) is 1. The molecule has 0 aliphatic heterocycles. The fraction of sp³-hybridized carbons (Fsp3) is 0.308. The lowest BCUT2D eigenvalue weighted by Crippen LogP contribution is -2.10. The van der Waals surface area contributed by atoms with Crippen LogP contribution in [0, 0.1) is 0 Å². The smallest absolute Gasteiger partial charge is 0.133 e. The monoisotopic (exact) mass is 326 g/mol. The Kier molecular flexibility index (Phi) is 4.74. The molecule has 0 unspecified atom stereocenters. The second-order valence-electron chi connectivity index (χ2n) is 3.76. The van der Waals surface area contributed by atoms with Crippen molar-refractivity contribution in [2.24, 2.45) is 0 Å². The molecule has 0 aliphatic rings. The maximum Gasteiger partial charge on any atom is 0.133 e. The lowest BCUT2D eigenvalue weighted by molar-refractivity contribution is 0.412. The maximum atomic E-state index is 5.22. The number of methoxy groups -OCH3 is 1. The van der Waals surface area contributed by atoms with Crippen LogP contribution in [0.5, 0.6) is 5.75 Å². The van der Waals surface area contributed by atoms with E-state index in [1.165, 1.54) is 4.88 Å². The molecule has 2 rings (SSSR count). The molecule has 0 atom stereocenters. The predicted molar refractivity (Wildman–Crippen MR) is 79.2 cm³/mol.